The highest BCUT2D eigenvalue weighted by Gasteiger charge is 2.10. The Bertz CT molecular complexity index is 143. The summed E-state index contributed by atoms with van der Waals surface area (Å²) < 4.78 is 0. The maximum Gasteiger partial charge on any atom is 0.371 e. The van der Waals surface area contributed by atoms with Crippen LogP contribution in [0.2, 0.25) is 0 Å². The summed E-state index contributed by atoms with van der Waals surface area (Å²) in [4.78, 5) is 28.3. The van der Waals surface area contributed by atoms with E-state index < -0.39 is 18.0 Å². The Morgan fingerprint density at radius 3 is 2.20 bits per heavy atom. The minimum Gasteiger partial charge on any atom is -0.319 e. The zero-order chi connectivity index (χ0) is 8.15. The van der Waals surface area contributed by atoms with Crippen LogP contribution in [0.15, 0.2) is 0 Å². The molecule has 0 aliphatic heterocycles. The average Bonchev–Trinajstić information content (AvgIpc) is 1.82. The molecular weight excluding hydrogens is 138 g/mol. The van der Waals surface area contributed by atoms with Gasteiger partial charge in [-0.3, -0.25) is 0 Å². The predicted octanol–water partition coefficient (Wildman–Crippen LogP) is -0.645. The quantitative estimate of drug-likeness (QED) is 0.394. The summed E-state index contributed by atoms with van der Waals surface area (Å²) in [6.07, 6.45) is 0. The predicted molar refractivity (Wildman–Crippen MR) is 31.5 cm³/mol. The lowest BCUT2D eigenvalue weighted by Gasteiger charge is -2.01. The van der Waals surface area contributed by atoms with Crippen LogP contribution < -0.4 is 5.73 Å². The van der Waals surface area contributed by atoms with Crippen LogP contribution in [-0.4, -0.2) is 18.0 Å². The standard InChI is InChI=1S/C5H9NO4/c1-3(6)5(8)10-9-4(2)7/h3H,6H2,1-2H3. The van der Waals surface area contributed by atoms with Gasteiger partial charge >= 0.3 is 11.9 Å². The van der Waals surface area contributed by atoms with Crippen LogP contribution in [0.1, 0.15) is 13.8 Å². The van der Waals surface area contributed by atoms with Crippen LogP contribution in [0.4, 0.5) is 0 Å². The molecule has 5 heteroatoms. The minimum absolute atomic E-state index is 0.686. The molecule has 5 nitrogen and oxygen atoms in total. The Morgan fingerprint density at radius 2 is 1.90 bits per heavy atom. The van der Waals surface area contributed by atoms with Crippen molar-refractivity contribution in [3.05, 3.63) is 0 Å². The Kier molecular flexibility index (Phi) is 3.42. The van der Waals surface area contributed by atoms with Crippen molar-refractivity contribution >= 4 is 11.9 Å². The van der Waals surface area contributed by atoms with Crippen LogP contribution in [0, 0.1) is 0 Å². The number of carbonyl (C=O) groups excluding carboxylic acids is 2. The van der Waals surface area contributed by atoms with E-state index in [1.807, 2.05) is 0 Å². The SMILES string of the molecule is CC(=O)OOC(=O)C(C)N. The van der Waals surface area contributed by atoms with E-state index in [1.165, 1.54) is 6.92 Å². The van der Waals surface area contributed by atoms with E-state index in [2.05, 4.69) is 9.78 Å². The van der Waals surface area contributed by atoms with Crippen molar-refractivity contribution in [1.29, 1.82) is 0 Å². The van der Waals surface area contributed by atoms with E-state index in [-0.39, 0.29) is 0 Å². The molecule has 0 saturated heterocycles. The molecule has 1 unspecified atom stereocenters. The van der Waals surface area contributed by atoms with Gasteiger partial charge in [0, 0.05) is 6.92 Å². The Morgan fingerprint density at radius 1 is 1.40 bits per heavy atom. The molecule has 0 rings (SSSR count). The molecule has 0 fully saturated rings. The van der Waals surface area contributed by atoms with Gasteiger partial charge in [0.2, 0.25) is 0 Å². The molecule has 0 amide bonds. The molecule has 0 bridgehead atoms. The Balaban J connectivity index is 3.50. The van der Waals surface area contributed by atoms with Crippen molar-refractivity contribution in [1.82, 2.24) is 0 Å². The summed E-state index contributed by atoms with van der Waals surface area (Å²) in [5, 5.41) is 0. The van der Waals surface area contributed by atoms with E-state index in [1.54, 1.807) is 0 Å². The molecule has 0 aliphatic rings. The zero-order valence-corrected chi connectivity index (χ0v) is 5.79. The zero-order valence-electron chi connectivity index (χ0n) is 5.79. The van der Waals surface area contributed by atoms with Gasteiger partial charge in [-0.2, -0.15) is 0 Å². The van der Waals surface area contributed by atoms with Gasteiger partial charge in [0.25, 0.3) is 0 Å². The maximum atomic E-state index is 10.4. The lowest BCUT2D eigenvalue weighted by molar-refractivity contribution is -0.257. The van der Waals surface area contributed by atoms with Gasteiger partial charge < -0.3 is 5.73 Å². The van der Waals surface area contributed by atoms with Crippen LogP contribution in [0.25, 0.3) is 0 Å². The molecule has 1 atom stereocenters. The van der Waals surface area contributed by atoms with Crippen molar-refractivity contribution in [3.8, 4) is 0 Å². The molecule has 0 aromatic heterocycles. The van der Waals surface area contributed by atoms with Crippen LogP contribution >= 0.6 is 0 Å². The fourth-order valence-electron chi connectivity index (χ4n) is 0.176. The summed E-state index contributed by atoms with van der Waals surface area (Å²) in [6.45, 7) is 2.54. The monoisotopic (exact) mass is 147 g/mol. The highest BCUT2D eigenvalue weighted by molar-refractivity contribution is 5.75. The molecule has 0 saturated carbocycles. The lowest BCUT2D eigenvalue weighted by atomic mass is 10.4. The summed E-state index contributed by atoms with van der Waals surface area (Å²) in [6, 6.07) is -0.778. The summed E-state index contributed by atoms with van der Waals surface area (Å²) in [5.41, 5.74) is 5.06. The minimum atomic E-state index is -0.778. The van der Waals surface area contributed by atoms with E-state index >= 15 is 0 Å². The number of hydrogen-bond donors (Lipinski definition) is 1. The highest BCUT2D eigenvalue weighted by atomic mass is 17.2. The van der Waals surface area contributed by atoms with Gasteiger partial charge in [0.1, 0.15) is 6.04 Å². The second-order valence-corrected chi connectivity index (χ2v) is 1.77. The first kappa shape index (κ1) is 8.90. The lowest BCUT2D eigenvalue weighted by Crippen LogP contribution is -2.29. The van der Waals surface area contributed by atoms with Gasteiger partial charge in [-0.1, -0.05) is 0 Å². The molecule has 0 radical (unpaired) electrons. The second kappa shape index (κ2) is 3.84. The fourth-order valence-corrected chi connectivity index (χ4v) is 0.176. The normalized spacial score (nSPS) is 11.9. The Hall–Kier alpha value is -1.10. The van der Waals surface area contributed by atoms with Gasteiger partial charge in [-0.05, 0) is 6.92 Å². The fraction of sp³-hybridized carbons (Fsp3) is 0.600. The van der Waals surface area contributed by atoms with Crippen molar-refractivity contribution < 1.29 is 19.4 Å². The number of nitrogens with two attached hydrogens (primary N) is 1. The van der Waals surface area contributed by atoms with Gasteiger partial charge in [-0.15, -0.1) is 0 Å². The molecule has 10 heavy (non-hydrogen) atoms. The molecule has 0 spiro atoms. The molecule has 0 aromatic rings. The summed E-state index contributed by atoms with van der Waals surface area (Å²) >= 11 is 0. The van der Waals surface area contributed by atoms with E-state index in [4.69, 9.17) is 5.73 Å². The second-order valence-electron chi connectivity index (χ2n) is 1.77. The van der Waals surface area contributed by atoms with Gasteiger partial charge in [0.05, 0.1) is 0 Å². The first-order valence-electron chi connectivity index (χ1n) is 2.68. The average molecular weight is 147 g/mol. The van der Waals surface area contributed by atoms with Crippen molar-refractivity contribution in [3.63, 3.8) is 0 Å². The molecule has 0 aromatic carbocycles. The van der Waals surface area contributed by atoms with Crippen molar-refractivity contribution in [2.75, 3.05) is 0 Å². The Labute approximate surface area is 58.0 Å². The largest absolute Gasteiger partial charge is 0.371 e. The maximum absolute atomic E-state index is 10.4. The van der Waals surface area contributed by atoms with Gasteiger partial charge in [-0.25, -0.2) is 19.4 Å². The molecule has 0 aliphatic carbocycles. The number of carbonyl (C=O) groups is 2. The van der Waals surface area contributed by atoms with Crippen molar-refractivity contribution in [2.24, 2.45) is 5.73 Å². The van der Waals surface area contributed by atoms with Crippen LogP contribution in [0.3, 0.4) is 0 Å². The highest BCUT2D eigenvalue weighted by Crippen LogP contribution is 1.85. The van der Waals surface area contributed by atoms with E-state index in [0.29, 0.717) is 0 Å². The number of hydrogen-bond acceptors (Lipinski definition) is 5. The molecular formula is C5H9NO4. The van der Waals surface area contributed by atoms with E-state index in [9.17, 15) is 9.59 Å². The van der Waals surface area contributed by atoms with Gasteiger partial charge in [0.15, 0.2) is 0 Å². The smallest absolute Gasteiger partial charge is 0.319 e. The van der Waals surface area contributed by atoms with Crippen LogP contribution in [-0.2, 0) is 19.4 Å². The van der Waals surface area contributed by atoms with E-state index in [0.717, 1.165) is 6.92 Å². The molecule has 0 heterocycles. The molecule has 58 valence electrons. The first-order chi connectivity index (χ1) is 4.54. The third-order valence-electron chi connectivity index (χ3n) is 0.613. The first-order valence-corrected chi connectivity index (χ1v) is 2.68. The molecule has 2 N–H and O–H groups in total. The topological polar surface area (TPSA) is 78.6 Å². The number of rotatable bonds is 1. The van der Waals surface area contributed by atoms with Crippen molar-refractivity contribution in [2.45, 2.75) is 19.9 Å². The third kappa shape index (κ3) is 3.85. The summed E-state index contributed by atoms with van der Waals surface area (Å²) in [5.74, 6) is -1.45. The third-order valence-corrected chi connectivity index (χ3v) is 0.613. The summed E-state index contributed by atoms with van der Waals surface area (Å²) in [7, 11) is 0. The van der Waals surface area contributed by atoms with Crippen LogP contribution in [0.5, 0.6) is 0 Å².